The minimum Gasteiger partial charge on any atom is -0.497 e. The Morgan fingerprint density at radius 2 is 1.27 bits per heavy atom. The molecule has 5 atom stereocenters. The normalized spacial score (nSPS) is 23.2. The van der Waals surface area contributed by atoms with E-state index >= 15 is 0 Å². The SMILES string of the molecule is COc1ccc(CC2C(=O)N[C@@H](C)C(=O)N(C)[C@H]3Cc4ccc(cc4)Oc4cc(ccc4OC)C[C@@H](C(=O)NCC(=O)N[C@@H](C)C(=O)N2C)N(C)C3=O)cc1. The van der Waals surface area contributed by atoms with Gasteiger partial charge in [0.25, 0.3) is 0 Å². The van der Waals surface area contributed by atoms with Crippen molar-refractivity contribution in [2.24, 2.45) is 0 Å². The highest BCUT2D eigenvalue weighted by atomic mass is 16.5. The van der Waals surface area contributed by atoms with Gasteiger partial charge in [0.05, 0.1) is 20.8 Å². The van der Waals surface area contributed by atoms with Crippen molar-refractivity contribution in [2.75, 3.05) is 41.9 Å². The Hall–Kier alpha value is -6.12. The molecule has 0 aromatic heterocycles. The Labute approximate surface area is 320 Å². The second-order valence-corrected chi connectivity index (χ2v) is 13.8. The number of fused-ring (bicyclic) bond motifs is 2. The molecule has 0 radical (unpaired) electrons. The Morgan fingerprint density at radius 3 is 1.93 bits per heavy atom. The summed E-state index contributed by atoms with van der Waals surface area (Å²) in [5.74, 6) is -1.62. The fraction of sp³-hybridized carbons (Fsp3) is 0.400. The first kappa shape index (κ1) is 40.1. The Bertz CT molecular complexity index is 1920. The molecule has 3 aromatic rings. The molecule has 55 heavy (non-hydrogen) atoms. The fourth-order valence-corrected chi connectivity index (χ4v) is 6.70. The predicted octanol–water partition coefficient (Wildman–Crippen LogP) is 1.46. The van der Waals surface area contributed by atoms with E-state index in [2.05, 4.69) is 16.0 Å². The van der Waals surface area contributed by atoms with E-state index in [-0.39, 0.29) is 19.3 Å². The molecule has 0 saturated carbocycles. The van der Waals surface area contributed by atoms with Gasteiger partial charge in [0, 0.05) is 40.4 Å². The lowest BCUT2D eigenvalue weighted by Gasteiger charge is -2.36. The van der Waals surface area contributed by atoms with Crippen LogP contribution in [0.5, 0.6) is 23.0 Å². The summed E-state index contributed by atoms with van der Waals surface area (Å²) < 4.78 is 16.9. The third kappa shape index (κ3) is 9.34. The minimum atomic E-state index is -1.14. The lowest BCUT2D eigenvalue weighted by molar-refractivity contribution is -0.149. The molecule has 1 fully saturated rings. The van der Waals surface area contributed by atoms with E-state index in [1.807, 2.05) is 0 Å². The van der Waals surface area contributed by atoms with Crippen molar-refractivity contribution in [2.45, 2.75) is 63.3 Å². The van der Waals surface area contributed by atoms with E-state index < -0.39 is 72.2 Å². The smallest absolute Gasteiger partial charge is 0.246 e. The van der Waals surface area contributed by atoms with Crippen molar-refractivity contribution >= 4 is 35.4 Å². The molecule has 6 amide bonds. The number of amides is 6. The summed E-state index contributed by atoms with van der Waals surface area (Å²) in [7, 11) is 7.44. The second kappa shape index (κ2) is 17.3. The van der Waals surface area contributed by atoms with E-state index in [4.69, 9.17) is 14.2 Å². The molecule has 6 rings (SSSR count). The van der Waals surface area contributed by atoms with Gasteiger partial charge in [0.1, 0.15) is 41.7 Å². The second-order valence-electron chi connectivity index (χ2n) is 13.8. The molecular formula is C40H48N6O9. The van der Waals surface area contributed by atoms with Crippen LogP contribution in [0, 0.1) is 0 Å². The number of likely N-dealkylation sites (N-methyl/N-ethyl adjacent to an activating group) is 3. The molecule has 0 spiro atoms. The van der Waals surface area contributed by atoms with Crippen LogP contribution in [-0.2, 0) is 48.0 Å². The Kier molecular flexibility index (Phi) is 12.6. The zero-order valence-electron chi connectivity index (χ0n) is 32.1. The van der Waals surface area contributed by atoms with Gasteiger partial charge in [-0.2, -0.15) is 0 Å². The number of rotatable bonds is 4. The number of nitrogens with one attached hydrogen (secondary N) is 3. The predicted molar refractivity (Wildman–Crippen MR) is 202 cm³/mol. The van der Waals surface area contributed by atoms with E-state index in [0.717, 1.165) is 0 Å². The Morgan fingerprint density at radius 1 is 0.673 bits per heavy atom. The van der Waals surface area contributed by atoms with Gasteiger partial charge in [0.2, 0.25) is 35.4 Å². The number of carbonyl (C=O) groups excluding carboxylic acids is 6. The molecule has 1 unspecified atom stereocenters. The summed E-state index contributed by atoms with van der Waals surface area (Å²) >= 11 is 0. The summed E-state index contributed by atoms with van der Waals surface area (Å²) in [6.07, 6.45) is 0.154. The van der Waals surface area contributed by atoms with Crippen molar-refractivity contribution in [1.29, 1.82) is 0 Å². The lowest BCUT2D eigenvalue weighted by atomic mass is 9.99. The highest BCUT2D eigenvalue weighted by Crippen LogP contribution is 2.34. The molecule has 1 saturated heterocycles. The zero-order valence-corrected chi connectivity index (χ0v) is 32.1. The molecule has 3 N–H and O–H groups in total. The van der Waals surface area contributed by atoms with Crippen molar-refractivity contribution in [1.82, 2.24) is 30.7 Å². The van der Waals surface area contributed by atoms with Crippen LogP contribution in [0.4, 0.5) is 0 Å². The summed E-state index contributed by atoms with van der Waals surface area (Å²) in [5, 5.41) is 7.99. The topological polar surface area (TPSA) is 176 Å². The van der Waals surface area contributed by atoms with Crippen molar-refractivity contribution in [3.8, 4) is 23.0 Å². The van der Waals surface area contributed by atoms with Crippen LogP contribution in [-0.4, -0.2) is 122 Å². The van der Waals surface area contributed by atoms with Gasteiger partial charge in [-0.1, -0.05) is 30.3 Å². The van der Waals surface area contributed by atoms with Crippen LogP contribution in [0.15, 0.2) is 66.7 Å². The van der Waals surface area contributed by atoms with E-state index in [9.17, 15) is 28.8 Å². The Balaban J connectivity index is 1.55. The van der Waals surface area contributed by atoms with Crippen LogP contribution in [0.25, 0.3) is 0 Å². The van der Waals surface area contributed by atoms with E-state index in [0.29, 0.717) is 39.7 Å². The number of methoxy groups -OCH3 is 2. The first-order valence-corrected chi connectivity index (χ1v) is 17.9. The van der Waals surface area contributed by atoms with Crippen LogP contribution in [0.1, 0.15) is 30.5 Å². The summed E-state index contributed by atoms with van der Waals surface area (Å²) in [4.78, 5) is 87.3. The molecule has 3 aliphatic heterocycles. The van der Waals surface area contributed by atoms with Gasteiger partial charge in [-0.15, -0.1) is 0 Å². The summed E-state index contributed by atoms with van der Waals surface area (Å²) in [6, 6.07) is 13.6. The van der Waals surface area contributed by atoms with Crippen LogP contribution >= 0.6 is 0 Å². The molecule has 292 valence electrons. The van der Waals surface area contributed by atoms with Gasteiger partial charge in [-0.3, -0.25) is 28.8 Å². The van der Waals surface area contributed by atoms with Crippen molar-refractivity contribution < 1.29 is 43.0 Å². The molecule has 3 aromatic carbocycles. The first-order chi connectivity index (χ1) is 26.2. The number of benzene rings is 3. The summed E-state index contributed by atoms with van der Waals surface area (Å²) in [6.45, 7) is 2.48. The standard InChI is InChI=1S/C40H48N6O9/c1-23-38(50)44(3)31(18-25-8-13-28(53-6)14-9-25)37(49)43-24(2)39(51)46(5)32-19-26-10-15-29(16-11-26)55-34-21-27(12-17-33(34)54-7)20-30(45(4)40(32)52)36(48)41-22-35(47)42-23/h8-17,21,23-24,30-32H,18-20,22H2,1-7H3,(H,41,48)(H,42,47)(H,43,49)/t23-,24-,30-,31?,32-/m0/s1. The fourth-order valence-electron chi connectivity index (χ4n) is 6.70. The number of hydrogen-bond acceptors (Lipinski definition) is 9. The number of ether oxygens (including phenoxy) is 3. The van der Waals surface area contributed by atoms with Gasteiger partial charge < -0.3 is 44.9 Å². The number of hydrogen-bond donors (Lipinski definition) is 3. The molecule has 6 bridgehead atoms. The highest BCUT2D eigenvalue weighted by molar-refractivity contribution is 5.97. The number of nitrogens with zero attached hydrogens (tertiary/aromatic N) is 3. The maximum absolute atomic E-state index is 14.6. The minimum absolute atomic E-state index is 0.0136. The van der Waals surface area contributed by atoms with Crippen molar-refractivity contribution in [3.05, 3.63) is 83.4 Å². The summed E-state index contributed by atoms with van der Waals surface area (Å²) in [5.41, 5.74) is 2.03. The maximum Gasteiger partial charge on any atom is 0.246 e. The number of carbonyl (C=O) groups is 6. The van der Waals surface area contributed by atoms with Crippen LogP contribution in [0.2, 0.25) is 0 Å². The average Bonchev–Trinajstić information content (AvgIpc) is 3.18. The van der Waals surface area contributed by atoms with E-state index in [1.54, 1.807) is 66.7 Å². The quantitative estimate of drug-likeness (QED) is 0.356. The maximum atomic E-state index is 14.6. The zero-order chi connectivity index (χ0) is 40.0. The first-order valence-electron chi connectivity index (χ1n) is 17.9. The monoisotopic (exact) mass is 756 g/mol. The molecule has 0 aliphatic carbocycles. The molecule has 3 heterocycles. The highest BCUT2D eigenvalue weighted by Gasteiger charge is 2.38. The van der Waals surface area contributed by atoms with Gasteiger partial charge in [0.15, 0.2) is 11.5 Å². The molecular weight excluding hydrogens is 708 g/mol. The van der Waals surface area contributed by atoms with Gasteiger partial charge in [-0.05, 0) is 66.9 Å². The van der Waals surface area contributed by atoms with Crippen molar-refractivity contribution in [3.63, 3.8) is 0 Å². The molecule has 15 nitrogen and oxygen atoms in total. The third-order valence-electron chi connectivity index (χ3n) is 10.1. The lowest BCUT2D eigenvalue weighted by Crippen LogP contribution is -2.60. The average molecular weight is 757 g/mol. The van der Waals surface area contributed by atoms with E-state index in [1.165, 1.54) is 63.9 Å². The van der Waals surface area contributed by atoms with Gasteiger partial charge in [-0.25, -0.2) is 0 Å². The molecule has 15 heteroatoms. The largest absolute Gasteiger partial charge is 0.497 e. The van der Waals surface area contributed by atoms with Crippen LogP contribution in [0.3, 0.4) is 0 Å². The molecule has 3 aliphatic rings. The third-order valence-corrected chi connectivity index (χ3v) is 10.1. The van der Waals surface area contributed by atoms with Gasteiger partial charge >= 0.3 is 0 Å². The van der Waals surface area contributed by atoms with Crippen LogP contribution < -0.4 is 30.2 Å².